The third-order valence-corrected chi connectivity index (χ3v) is 8.92. The van der Waals surface area contributed by atoms with Crippen LogP contribution in [0.5, 0.6) is 11.5 Å². The third kappa shape index (κ3) is 8.40. The summed E-state index contributed by atoms with van der Waals surface area (Å²) in [6.45, 7) is 4.92. The first-order chi connectivity index (χ1) is 18.6. The molecule has 1 aliphatic carbocycles. The smallest absolute Gasteiger partial charge is 0.153 e. The summed E-state index contributed by atoms with van der Waals surface area (Å²) in [6, 6.07) is 18.5. The lowest BCUT2D eigenvalue weighted by atomic mass is 9.94. The van der Waals surface area contributed by atoms with E-state index in [-0.39, 0.29) is 17.4 Å². The first-order valence-electron chi connectivity index (χ1n) is 13.4. The molecule has 0 aliphatic heterocycles. The fourth-order valence-electron chi connectivity index (χ4n) is 5.45. The van der Waals surface area contributed by atoms with E-state index in [0.29, 0.717) is 19.6 Å². The molecule has 3 aromatic carbocycles. The lowest BCUT2D eigenvalue weighted by Crippen LogP contribution is -2.10. The van der Waals surface area contributed by atoms with E-state index in [0.717, 1.165) is 65.0 Å². The molecule has 0 aromatic heterocycles. The SMILES string of the molecule is Cc1cc(OCCCS(C)(=O)=O)cc(C)c1-c1cccc(COc2ccc3c(c2)CCCCC3CS(=O)O)c1. The molecule has 0 fully saturated rings. The monoisotopic (exact) mass is 570 g/mol. The van der Waals surface area contributed by atoms with Crippen molar-refractivity contribution in [2.75, 3.05) is 24.4 Å². The minimum absolute atomic E-state index is 0.120. The Hall–Kier alpha value is -2.68. The van der Waals surface area contributed by atoms with Crippen LogP contribution in [0.2, 0.25) is 0 Å². The highest BCUT2D eigenvalue weighted by Crippen LogP contribution is 2.34. The van der Waals surface area contributed by atoms with Gasteiger partial charge >= 0.3 is 0 Å². The summed E-state index contributed by atoms with van der Waals surface area (Å²) in [7, 11) is -2.99. The Labute approximate surface area is 235 Å². The van der Waals surface area contributed by atoms with Crippen molar-refractivity contribution in [2.24, 2.45) is 0 Å². The van der Waals surface area contributed by atoms with Gasteiger partial charge in [0.2, 0.25) is 0 Å². The number of ether oxygens (including phenoxy) is 2. The zero-order valence-corrected chi connectivity index (χ0v) is 24.6. The highest BCUT2D eigenvalue weighted by atomic mass is 32.2. The Morgan fingerprint density at radius 3 is 2.46 bits per heavy atom. The molecule has 4 rings (SSSR count). The van der Waals surface area contributed by atoms with Crippen LogP contribution in [0, 0.1) is 13.8 Å². The fraction of sp³-hybridized carbons (Fsp3) is 0.419. The van der Waals surface area contributed by atoms with Gasteiger partial charge in [-0.25, -0.2) is 12.6 Å². The molecule has 210 valence electrons. The molecule has 8 heteroatoms. The Morgan fingerprint density at radius 2 is 1.74 bits per heavy atom. The average molecular weight is 571 g/mol. The maximum absolute atomic E-state index is 11.4. The van der Waals surface area contributed by atoms with Crippen molar-refractivity contribution in [2.45, 2.75) is 58.5 Å². The van der Waals surface area contributed by atoms with Crippen LogP contribution in [-0.4, -0.2) is 41.5 Å². The van der Waals surface area contributed by atoms with E-state index in [4.69, 9.17) is 9.47 Å². The van der Waals surface area contributed by atoms with E-state index in [9.17, 15) is 17.2 Å². The molecule has 0 spiro atoms. The van der Waals surface area contributed by atoms with E-state index in [1.807, 2.05) is 24.3 Å². The van der Waals surface area contributed by atoms with Gasteiger partial charge in [-0.3, -0.25) is 0 Å². The van der Waals surface area contributed by atoms with Gasteiger partial charge in [-0.15, -0.1) is 0 Å². The second-order valence-electron chi connectivity index (χ2n) is 10.5. The van der Waals surface area contributed by atoms with E-state index >= 15 is 0 Å². The molecule has 0 saturated heterocycles. The van der Waals surface area contributed by atoms with Gasteiger partial charge in [0.1, 0.15) is 27.9 Å². The third-order valence-electron chi connectivity index (χ3n) is 7.20. The minimum atomic E-state index is -2.99. The Bertz CT molecular complexity index is 1410. The van der Waals surface area contributed by atoms with Crippen molar-refractivity contribution in [3.8, 4) is 22.6 Å². The molecule has 0 saturated carbocycles. The van der Waals surface area contributed by atoms with Crippen molar-refractivity contribution in [3.63, 3.8) is 0 Å². The lowest BCUT2D eigenvalue weighted by Gasteiger charge is -2.17. The first kappa shape index (κ1) is 29.3. The van der Waals surface area contributed by atoms with Crippen molar-refractivity contribution >= 4 is 20.9 Å². The molecule has 0 bridgehead atoms. The maximum Gasteiger partial charge on any atom is 0.153 e. The van der Waals surface area contributed by atoms with Crippen LogP contribution in [-0.2, 0) is 33.9 Å². The summed E-state index contributed by atoms with van der Waals surface area (Å²) in [6.07, 6.45) is 5.76. The van der Waals surface area contributed by atoms with Crippen molar-refractivity contribution in [1.29, 1.82) is 0 Å². The molecule has 2 unspecified atom stereocenters. The van der Waals surface area contributed by atoms with Crippen molar-refractivity contribution in [1.82, 2.24) is 0 Å². The summed E-state index contributed by atoms with van der Waals surface area (Å²) in [5.74, 6) is 2.09. The number of hydrogen-bond acceptors (Lipinski definition) is 5. The zero-order valence-electron chi connectivity index (χ0n) is 22.9. The predicted octanol–water partition coefficient (Wildman–Crippen LogP) is 6.39. The molecular formula is C31H38O6S2. The van der Waals surface area contributed by atoms with E-state index in [1.165, 1.54) is 17.4 Å². The van der Waals surface area contributed by atoms with Gasteiger partial charge in [-0.1, -0.05) is 30.7 Å². The second kappa shape index (κ2) is 13.1. The Kier molecular flexibility index (Phi) is 9.86. The minimum Gasteiger partial charge on any atom is -0.494 e. The van der Waals surface area contributed by atoms with Crippen molar-refractivity contribution < 1.29 is 26.7 Å². The molecule has 0 heterocycles. The van der Waals surface area contributed by atoms with Gasteiger partial charge in [0, 0.05) is 6.26 Å². The molecular weight excluding hydrogens is 532 g/mol. The molecule has 0 amide bonds. The highest BCUT2D eigenvalue weighted by molar-refractivity contribution is 7.90. The highest BCUT2D eigenvalue weighted by Gasteiger charge is 2.21. The van der Waals surface area contributed by atoms with Gasteiger partial charge < -0.3 is 14.0 Å². The van der Waals surface area contributed by atoms with Crippen LogP contribution in [0.25, 0.3) is 11.1 Å². The summed E-state index contributed by atoms with van der Waals surface area (Å²) in [5, 5.41) is 0. The van der Waals surface area contributed by atoms with Crippen LogP contribution in [0.15, 0.2) is 54.6 Å². The van der Waals surface area contributed by atoms with Crippen LogP contribution in [0.4, 0.5) is 0 Å². The summed E-state index contributed by atoms with van der Waals surface area (Å²) in [4.78, 5) is 0. The fourth-order valence-corrected chi connectivity index (χ4v) is 6.78. The molecule has 0 radical (unpaired) electrons. The second-order valence-corrected chi connectivity index (χ2v) is 13.8. The van der Waals surface area contributed by atoms with E-state index < -0.39 is 20.9 Å². The Balaban J connectivity index is 1.44. The topological polar surface area (TPSA) is 89.9 Å². The van der Waals surface area contributed by atoms with Gasteiger partial charge in [0.25, 0.3) is 0 Å². The van der Waals surface area contributed by atoms with Gasteiger partial charge in [0.05, 0.1) is 18.1 Å². The summed E-state index contributed by atoms with van der Waals surface area (Å²) < 4.78 is 55.6. The standard InChI is InChI=1S/C31H38O6S2/c1-22-16-29(36-14-7-15-39(3,34)35)17-23(2)31(22)26-11-6-8-24(18-26)20-37-28-12-13-30-25(19-28)9-4-5-10-27(30)21-38(32)33/h6,8,11-13,16-19,27H,4-5,7,9-10,14-15,20-21H2,1-3H3,(H,32,33). The van der Waals surface area contributed by atoms with Gasteiger partial charge in [-0.2, -0.15) is 0 Å². The molecule has 1 aliphatic rings. The quantitative estimate of drug-likeness (QED) is 0.163. The van der Waals surface area contributed by atoms with Crippen LogP contribution >= 0.6 is 0 Å². The number of rotatable bonds is 11. The zero-order chi connectivity index (χ0) is 28.0. The average Bonchev–Trinajstić information content (AvgIpc) is 3.06. The Morgan fingerprint density at radius 1 is 0.974 bits per heavy atom. The number of fused-ring (bicyclic) bond motifs is 1. The molecule has 6 nitrogen and oxygen atoms in total. The normalized spacial score (nSPS) is 16.3. The van der Waals surface area contributed by atoms with E-state index in [2.05, 4.69) is 44.2 Å². The number of aryl methyl sites for hydroxylation is 3. The van der Waals surface area contributed by atoms with Crippen LogP contribution in [0.1, 0.15) is 59.4 Å². The van der Waals surface area contributed by atoms with Gasteiger partial charge in [-0.05, 0) is 115 Å². The first-order valence-corrected chi connectivity index (χ1v) is 16.8. The molecule has 2 atom stereocenters. The van der Waals surface area contributed by atoms with Crippen LogP contribution < -0.4 is 9.47 Å². The summed E-state index contributed by atoms with van der Waals surface area (Å²) in [5.41, 5.74) is 7.91. The maximum atomic E-state index is 11.4. The molecule has 39 heavy (non-hydrogen) atoms. The van der Waals surface area contributed by atoms with Gasteiger partial charge in [0.15, 0.2) is 11.1 Å². The summed E-state index contributed by atoms with van der Waals surface area (Å²) >= 11 is -1.80. The predicted molar refractivity (Wildman–Crippen MR) is 158 cm³/mol. The van der Waals surface area contributed by atoms with Crippen molar-refractivity contribution in [3.05, 3.63) is 82.4 Å². The largest absolute Gasteiger partial charge is 0.494 e. The van der Waals surface area contributed by atoms with E-state index in [1.54, 1.807) is 0 Å². The number of benzene rings is 3. The molecule has 3 aromatic rings. The lowest BCUT2D eigenvalue weighted by molar-refractivity contribution is 0.306. The molecule has 1 N–H and O–H groups in total. The number of sulfone groups is 1. The van der Waals surface area contributed by atoms with Crippen LogP contribution in [0.3, 0.4) is 0 Å². The number of hydrogen-bond donors (Lipinski definition) is 1.